The van der Waals surface area contributed by atoms with Gasteiger partial charge in [0.25, 0.3) is 0 Å². The lowest BCUT2D eigenvalue weighted by molar-refractivity contribution is -0.124. The van der Waals surface area contributed by atoms with Crippen molar-refractivity contribution >= 4 is 0 Å². The normalized spacial score (nSPS) is 27.2. The van der Waals surface area contributed by atoms with Crippen molar-refractivity contribution in [2.45, 2.75) is 64.4 Å². The Morgan fingerprint density at radius 2 is 1.92 bits per heavy atom. The summed E-state index contributed by atoms with van der Waals surface area (Å²) in [6.45, 7) is 9.64. The summed E-state index contributed by atoms with van der Waals surface area (Å²) in [5.74, 6) is 0. The highest BCUT2D eigenvalue weighted by Gasteiger charge is 2.48. The monoisotopic (exact) mass is 346 g/mol. The number of piperidine rings is 1. The lowest BCUT2D eigenvalue weighted by Gasteiger charge is -2.52. The van der Waals surface area contributed by atoms with E-state index in [0.717, 1.165) is 45.4 Å². The van der Waals surface area contributed by atoms with Crippen LogP contribution in [0.3, 0.4) is 0 Å². The fraction of sp³-hybridized carbons (Fsp3) is 0.714. The molecule has 1 aromatic rings. The quantitative estimate of drug-likeness (QED) is 0.711. The van der Waals surface area contributed by atoms with Crippen molar-refractivity contribution in [2.75, 3.05) is 26.2 Å². The molecule has 1 saturated heterocycles. The van der Waals surface area contributed by atoms with E-state index in [-0.39, 0.29) is 11.5 Å². The van der Waals surface area contributed by atoms with Crippen molar-refractivity contribution in [1.82, 2.24) is 10.2 Å². The van der Waals surface area contributed by atoms with Gasteiger partial charge in [-0.25, -0.2) is 0 Å². The number of ether oxygens (including phenoxy) is 1. The highest BCUT2D eigenvalue weighted by atomic mass is 16.5. The number of aliphatic hydroxyl groups is 1. The Morgan fingerprint density at radius 3 is 2.60 bits per heavy atom. The summed E-state index contributed by atoms with van der Waals surface area (Å²) in [5.41, 5.74) is 1.45. The van der Waals surface area contributed by atoms with Crippen molar-refractivity contribution in [2.24, 2.45) is 5.41 Å². The smallest absolute Gasteiger partial charge is 0.0720 e. The van der Waals surface area contributed by atoms with Gasteiger partial charge in [-0.05, 0) is 44.3 Å². The average Bonchev–Trinajstić information content (AvgIpc) is 2.62. The Morgan fingerprint density at radius 1 is 1.20 bits per heavy atom. The van der Waals surface area contributed by atoms with E-state index in [2.05, 4.69) is 48.3 Å². The zero-order valence-corrected chi connectivity index (χ0v) is 15.8. The topological polar surface area (TPSA) is 44.7 Å². The highest BCUT2D eigenvalue weighted by Crippen LogP contribution is 2.43. The van der Waals surface area contributed by atoms with Crippen molar-refractivity contribution in [3.8, 4) is 0 Å². The van der Waals surface area contributed by atoms with Crippen molar-refractivity contribution in [3.63, 3.8) is 0 Å². The number of hydrogen-bond acceptors (Lipinski definition) is 4. The molecule has 2 atom stereocenters. The standard InChI is InChI=1S/C21H34N2O2/c1-21(2)19(15-20(21)25-16-17-7-4-3-5-8-17)22-11-6-12-23-13-9-18(24)10-14-23/h3-5,7-8,18-20,22,24H,6,9-16H2,1-2H3. The van der Waals surface area contributed by atoms with E-state index in [4.69, 9.17) is 4.74 Å². The Kier molecular flexibility index (Phi) is 6.50. The SMILES string of the molecule is CC1(C)C(NCCCN2CCC(O)CC2)CC1OCc1ccccc1. The molecular formula is C21H34N2O2. The molecule has 1 heterocycles. The van der Waals surface area contributed by atoms with Gasteiger partial charge in [-0.1, -0.05) is 44.2 Å². The molecule has 0 radical (unpaired) electrons. The van der Waals surface area contributed by atoms with Crippen LogP contribution >= 0.6 is 0 Å². The van der Waals surface area contributed by atoms with E-state index >= 15 is 0 Å². The second-order valence-corrected chi connectivity index (χ2v) is 8.28. The maximum absolute atomic E-state index is 9.56. The van der Waals surface area contributed by atoms with E-state index in [9.17, 15) is 5.11 Å². The molecule has 2 aliphatic rings. The second kappa shape index (κ2) is 8.63. The fourth-order valence-electron chi connectivity index (χ4n) is 4.01. The van der Waals surface area contributed by atoms with Gasteiger partial charge in [0, 0.05) is 24.5 Å². The average molecular weight is 347 g/mol. The minimum atomic E-state index is -0.0713. The molecule has 2 N–H and O–H groups in total. The molecule has 25 heavy (non-hydrogen) atoms. The molecule has 1 aliphatic carbocycles. The minimum absolute atomic E-state index is 0.0713. The Hall–Kier alpha value is -0.940. The summed E-state index contributed by atoms with van der Waals surface area (Å²) in [7, 11) is 0. The number of benzene rings is 1. The van der Waals surface area contributed by atoms with Crippen LogP contribution in [0, 0.1) is 5.41 Å². The molecule has 0 bridgehead atoms. The number of likely N-dealkylation sites (tertiary alicyclic amines) is 1. The van der Waals surface area contributed by atoms with Crippen LogP contribution in [0.4, 0.5) is 0 Å². The van der Waals surface area contributed by atoms with Gasteiger partial charge >= 0.3 is 0 Å². The first kappa shape index (κ1) is 18.8. The molecule has 1 aromatic carbocycles. The molecule has 4 heteroatoms. The zero-order valence-electron chi connectivity index (χ0n) is 15.8. The fourth-order valence-corrected chi connectivity index (χ4v) is 4.01. The van der Waals surface area contributed by atoms with Crippen LogP contribution in [0.15, 0.2) is 30.3 Å². The van der Waals surface area contributed by atoms with E-state index < -0.39 is 0 Å². The molecule has 0 spiro atoms. The predicted octanol–water partition coefficient (Wildman–Crippen LogP) is 2.81. The maximum atomic E-state index is 9.56. The van der Waals surface area contributed by atoms with Crippen molar-refractivity contribution in [1.29, 1.82) is 0 Å². The third-order valence-electron chi connectivity index (χ3n) is 6.07. The number of nitrogens with one attached hydrogen (secondary N) is 1. The Bertz CT molecular complexity index is 512. The maximum Gasteiger partial charge on any atom is 0.0720 e. The highest BCUT2D eigenvalue weighted by molar-refractivity contribution is 5.14. The third kappa shape index (κ3) is 5.04. The number of rotatable bonds is 8. The largest absolute Gasteiger partial charge is 0.393 e. The Balaban J connectivity index is 1.30. The van der Waals surface area contributed by atoms with Crippen LogP contribution in [0.1, 0.15) is 45.1 Å². The van der Waals surface area contributed by atoms with E-state index in [0.29, 0.717) is 18.8 Å². The summed E-state index contributed by atoms with van der Waals surface area (Å²) < 4.78 is 6.15. The van der Waals surface area contributed by atoms with Gasteiger partial charge in [-0.3, -0.25) is 0 Å². The molecule has 4 nitrogen and oxygen atoms in total. The third-order valence-corrected chi connectivity index (χ3v) is 6.07. The van der Waals surface area contributed by atoms with E-state index in [1.165, 1.54) is 12.0 Å². The van der Waals surface area contributed by atoms with Gasteiger partial charge in [-0.15, -0.1) is 0 Å². The summed E-state index contributed by atoms with van der Waals surface area (Å²) >= 11 is 0. The first-order valence-corrected chi connectivity index (χ1v) is 9.85. The number of nitrogens with zero attached hydrogens (tertiary/aromatic N) is 1. The molecule has 1 aliphatic heterocycles. The van der Waals surface area contributed by atoms with Gasteiger partial charge < -0.3 is 20.1 Å². The van der Waals surface area contributed by atoms with Crippen LogP contribution in [0.2, 0.25) is 0 Å². The van der Waals surface area contributed by atoms with Gasteiger partial charge in [0.05, 0.1) is 18.8 Å². The van der Waals surface area contributed by atoms with Gasteiger partial charge in [0.2, 0.25) is 0 Å². The van der Waals surface area contributed by atoms with Crippen LogP contribution in [-0.2, 0) is 11.3 Å². The second-order valence-electron chi connectivity index (χ2n) is 8.28. The van der Waals surface area contributed by atoms with E-state index in [1.54, 1.807) is 0 Å². The summed E-state index contributed by atoms with van der Waals surface area (Å²) in [6, 6.07) is 11.0. The molecule has 0 aromatic heterocycles. The lowest BCUT2D eigenvalue weighted by atomic mass is 9.64. The first-order valence-electron chi connectivity index (χ1n) is 9.85. The van der Waals surface area contributed by atoms with Crippen LogP contribution in [-0.4, -0.2) is 54.4 Å². The van der Waals surface area contributed by atoms with Crippen LogP contribution in [0.25, 0.3) is 0 Å². The summed E-state index contributed by atoms with van der Waals surface area (Å²) in [4.78, 5) is 2.48. The molecule has 2 unspecified atom stereocenters. The molecular weight excluding hydrogens is 312 g/mol. The lowest BCUT2D eigenvalue weighted by Crippen LogP contribution is -2.61. The summed E-state index contributed by atoms with van der Waals surface area (Å²) in [6.07, 6.45) is 4.42. The number of hydrogen-bond donors (Lipinski definition) is 2. The van der Waals surface area contributed by atoms with Gasteiger partial charge in [0.1, 0.15) is 0 Å². The van der Waals surface area contributed by atoms with Crippen LogP contribution in [0.5, 0.6) is 0 Å². The van der Waals surface area contributed by atoms with Gasteiger partial charge in [0.15, 0.2) is 0 Å². The first-order chi connectivity index (χ1) is 12.1. The Labute approximate surface area is 152 Å². The predicted molar refractivity (Wildman–Crippen MR) is 102 cm³/mol. The molecule has 2 fully saturated rings. The van der Waals surface area contributed by atoms with Crippen molar-refractivity contribution in [3.05, 3.63) is 35.9 Å². The molecule has 140 valence electrons. The zero-order chi connectivity index (χ0) is 17.7. The molecule has 1 saturated carbocycles. The van der Waals surface area contributed by atoms with Gasteiger partial charge in [-0.2, -0.15) is 0 Å². The summed E-state index contributed by atoms with van der Waals surface area (Å²) in [5, 5.41) is 13.3. The van der Waals surface area contributed by atoms with E-state index in [1.807, 2.05) is 6.07 Å². The molecule has 0 amide bonds. The molecule has 3 rings (SSSR count). The number of aliphatic hydroxyl groups excluding tert-OH is 1. The van der Waals surface area contributed by atoms with Crippen molar-refractivity contribution < 1.29 is 9.84 Å². The van der Waals surface area contributed by atoms with Crippen LogP contribution < -0.4 is 5.32 Å². The minimum Gasteiger partial charge on any atom is -0.393 e.